The molecule has 1 aliphatic carbocycles. The Morgan fingerprint density at radius 1 is 1.38 bits per heavy atom. The molecule has 2 nitrogen and oxygen atoms in total. The summed E-state index contributed by atoms with van der Waals surface area (Å²) in [5, 5.41) is 3.07. The maximum absolute atomic E-state index is 12.1. The van der Waals surface area contributed by atoms with Crippen LogP contribution in [0.15, 0.2) is 18.2 Å². The van der Waals surface area contributed by atoms with E-state index in [1.807, 2.05) is 20.0 Å². The van der Waals surface area contributed by atoms with Gasteiger partial charge in [-0.15, -0.1) is 0 Å². The Balaban J connectivity index is 2.24. The zero-order valence-electron chi connectivity index (χ0n) is 10.0. The lowest BCUT2D eigenvalue weighted by Gasteiger charge is -2.13. The Kier molecular flexibility index (Phi) is 3.39. The second kappa shape index (κ2) is 4.79. The average Bonchev–Trinajstić information content (AvgIpc) is 2.77. The van der Waals surface area contributed by atoms with Crippen LogP contribution in [0.25, 0.3) is 0 Å². The van der Waals surface area contributed by atoms with Gasteiger partial charge in [0.15, 0.2) is 5.78 Å². The van der Waals surface area contributed by atoms with Gasteiger partial charge in [-0.1, -0.05) is 19.1 Å². The Bertz CT molecular complexity index is 394. The highest BCUT2D eigenvalue weighted by atomic mass is 16.1. The number of hydrogen-bond acceptors (Lipinski definition) is 2. The van der Waals surface area contributed by atoms with Crippen LogP contribution in [-0.2, 0) is 12.8 Å². The third-order valence-electron chi connectivity index (χ3n) is 3.46. The number of carbonyl (C=O) groups is 1. The highest BCUT2D eigenvalue weighted by molar-refractivity contribution is 6.00. The molecule has 1 N–H and O–H groups in total. The zero-order chi connectivity index (χ0) is 11.5. The van der Waals surface area contributed by atoms with Crippen LogP contribution >= 0.6 is 0 Å². The van der Waals surface area contributed by atoms with Crippen molar-refractivity contribution in [3.8, 4) is 0 Å². The summed E-state index contributed by atoms with van der Waals surface area (Å²) >= 11 is 0. The van der Waals surface area contributed by atoms with Crippen molar-refractivity contribution in [2.45, 2.75) is 38.6 Å². The minimum atomic E-state index is -0.0422. The van der Waals surface area contributed by atoms with Gasteiger partial charge in [0.25, 0.3) is 0 Å². The van der Waals surface area contributed by atoms with Crippen LogP contribution in [0.4, 0.5) is 0 Å². The van der Waals surface area contributed by atoms with E-state index in [1.54, 1.807) is 0 Å². The van der Waals surface area contributed by atoms with E-state index >= 15 is 0 Å². The minimum Gasteiger partial charge on any atom is -0.310 e. The molecule has 0 aromatic heterocycles. The molecule has 2 rings (SSSR count). The number of aryl methyl sites for hydroxylation is 2. The molecular weight excluding hydrogens is 198 g/mol. The SMILES string of the molecule is CCC(NC)C(=O)c1ccc2c(c1)CCC2. The number of ketones is 1. The molecule has 16 heavy (non-hydrogen) atoms. The van der Waals surface area contributed by atoms with Crippen molar-refractivity contribution >= 4 is 5.78 Å². The molecule has 1 aliphatic rings. The summed E-state index contributed by atoms with van der Waals surface area (Å²) in [6, 6.07) is 6.15. The Morgan fingerprint density at radius 2 is 2.12 bits per heavy atom. The van der Waals surface area contributed by atoms with Gasteiger partial charge in [0.2, 0.25) is 0 Å². The number of Topliss-reactive ketones (excluding diaryl/α,β-unsaturated/α-hetero) is 1. The largest absolute Gasteiger partial charge is 0.310 e. The molecule has 0 saturated heterocycles. The van der Waals surface area contributed by atoms with Gasteiger partial charge in [-0.3, -0.25) is 4.79 Å². The second-order valence-corrected chi connectivity index (χ2v) is 4.45. The van der Waals surface area contributed by atoms with E-state index in [-0.39, 0.29) is 11.8 Å². The predicted octanol–water partition coefficient (Wildman–Crippen LogP) is 2.36. The molecule has 0 amide bonds. The molecule has 0 spiro atoms. The van der Waals surface area contributed by atoms with Crippen LogP contribution in [0.1, 0.15) is 41.3 Å². The highest BCUT2D eigenvalue weighted by Gasteiger charge is 2.18. The fraction of sp³-hybridized carbons (Fsp3) is 0.500. The number of fused-ring (bicyclic) bond motifs is 1. The minimum absolute atomic E-state index is 0.0422. The quantitative estimate of drug-likeness (QED) is 0.784. The van der Waals surface area contributed by atoms with E-state index in [2.05, 4.69) is 17.4 Å². The first-order valence-electron chi connectivity index (χ1n) is 6.09. The summed E-state index contributed by atoms with van der Waals surface area (Å²) in [4.78, 5) is 12.1. The van der Waals surface area contributed by atoms with Crippen molar-refractivity contribution in [3.05, 3.63) is 34.9 Å². The van der Waals surface area contributed by atoms with E-state index < -0.39 is 0 Å². The predicted molar refractivity (Wildman–Crippen MR) is 65.9 cm³/mol. The lowest BCUT2D eigenvalue weighted by molar-refractivity contribution is 0.0945. The Labute approximate surface area is 97.1 Å². The van der Waals surface area contributed by atoms with Gasteiger partial charge in [-0.05, 0) is 49.9 Å². The molecule has 0 heterocycles. The molecule has 2 heteroatoms. The van der Waals surface area contributed by atoms with Crippen molar-refractivity contribution in [2.24, 2.45) is 0 Å². The topological polar surface area (TPSA) is 29.1 Å². The standard InChI is InChI=1S/C14H19NO/c1-3-13(15-2)14(16)12-8-7-10-5-4-6-11(10)9-12/h7-9,13,15H,3-6H2,1-2H3. The van der Waals surface area contributed by atoms with Gasteiger partial charge in [0.1, 0.15) is 0 Å². The molecule has 0 radical (unpaired) electrons. The van der Waals surface area contributed by atoms with Gasteiger partial charge in [-0.25, -0.2) is 0 Å². The fourth-order valence-corrected chi connectivity index (χ4v) is 2.45. The molecule has 86 valence electrons. The first-order chi connectivity index (χ1) is 7.76. The molecule has 0 saturated carbocycles. The monoisotopic (exact) mass is 217 g/mol. The van der Waals surface area contributed by atoms with Gasteiger partial charge < -0.3 is 5.32 Å². The molecule has 1 unspecified atom stereocenters. The maximum Gasteiger partial charge on any atom is 0.179 e. The number of benzene rings is 1. The average molecular weight is 217 g/mol. The first-order valence-corrected chi connectivity index (χ1v) is 6.09. The van der Waals surface area contributed by atoms with Crippen LogP contribution in [0.5, 0.6) is 0 Å². The van der Waals surface area contributed by atoms with Crippen LogP contribution in [0, 0.1) is 0 Å². The summed E-state index contributed by atoms with van der Waals surface area (Å²) in [6.07, 6.45) is 4.38. The number of rotatable bonds is 4. The third kappa shape index (κ3) is 2.03. The molecule has 1 aromatic rings. The van der Waals surface area contributed by atoms with Crippen molar-refractivity contribution < 1.29 is 4.79 Å². The smallest absolute Gasteiger partial charge is 0.179 e. The summed E-state index contributed by atoms with van der Waals surface area (Å²) in [5.41, 5.74) is 3.66. The van der Waals surface area contributed by atoms with Crippen molar-refractivity contribution in [3.63, 3.8) is 0 Å². The first kappa shape index (κ1) is 11.3. The molecule has 0 fully saturated rings. The van der Waals surface area contributed by atoms with Gasteiger partial charge in [0.05, 0.1) is 6.04 Å². The summed E-state index contributed by atoms with van der Waals surface area (Å²) in [5.74, 6) is 0.222. The number of likely N-dealkylation sites (N-methyl/N-ethyl adjacent to an activating group) is 1. The van der Waals surface area contributed by atoms with Crippen molar-refractivity contribution in [2.75, 3.05) is 7.05 Å². The molecule has 1 atom stereocenters. The molecule has 0 aliphatic heterocycles. The van der Waals surface area contributed by atoms with E-state index in [1.165, 1.54) is 24.0 Å². The molecule has 0 bridgehead atoms. The van der Waals surface area contributed by atoms with Gasteiger partial charge in [0, 0.05) is 5.56 Å². The van der Waals surface area contributed by atoms with Crippen LogP contribution < -0.4 is 5.32 Å². The summed E-state index contributed by atoms with van der Waals surface area (Å²) < 4.78 is 0. The van der Waals surface area contributed by atoms with Crippen LogP contribution in [0.2, 0.25) is 0 Å². The van der Waals surface area contributed by atoms with Gasteiger partial charge >= 0.3 is 0 Å². The van der Waals surface area contributed by atoms with E-state index in [0.717, 1.165) is 18.4 Å². The Hall–Kier alpha value is -1.15. The summed E-state index contributed by atoms with van der Waals surface area (Å²) in [6.45, 7) is 2.03. The lowest BCUT2D eigenvalue weighted by atomic mass is 9.98. The molecule has 1 aromatic carbocycles. The fourth-order valence-electron chi connectivity index (χ4n) is 2.45. The van der Waals surface area contributed by atoms with Crippen LogP contribution in [0.3, 0.4) is 0 Å². The molecular formula is C14H19NO. The van der Waals surface area contributed by atoms with Crippen molar-refractivity contribution in [1.29, 1.82) is 0 Å². The highest BCUT2D eigenvalue weighted by Crippen LogP contribution is 2.23. The summed E-state index contributed by atoms with van der Waals surface area (Å²) in [7, 11) is 1.85. The zero-order valence-corrected chi connectivity index (χ0v) is 10.0. The maximum atomic E-state index is 12.1. The lowest BCUT2D eigenvalue weighted by Crippen LogP contribution is -2.33. The van der Waals surface area contributed by atoms with E-state index in [0.29, 0.717) is 0 Å². The van der Waals surface area contributed by atoms with E-state index in [4.69, 9.17) is 0 Å². The number of hydrogen-bond donors (Lipinski definition) is 1. The van der Waals surface area contributed by atoms with E-state index in [9.17, 15) is 4.79 Å². The third-order valence-corrected chi connectivity index (χ3v) is 3.46. The van der Waals surface area contributed by atoms with Crippen molar-refractivity contribution in [1.82, 2.24) is 5.32 Å². The van der Waals surface area contributed by atoms with Gasteiger partial charge in [-0.2, -0.15) is 0 Å². The number of carbonyl (C=O) groups excluding carboxylic acids is 1. The number of nitrogens with one attached hydrogen (secondary N) is 1. The second-order valence-electron chi connectivity index (χ2n) is 4.45. The van der Waals surface area contributed by atoms with Crippen LogP contribution in [-0.4, -0.2) is 18.9 Å². The Morgan fingerprint density at radius 3 is 2.81 bits per heavy atom. The normalized spacial score (nSPS) is 15.9.